The second-order valence-electron chi connectivity index (χ2n) is 9.08. The number of nitrogens with zero attached hydrogens (tertiary/aromatic N) is 2. The Kier molecular flexibility index (Phi) is 5.28. The fourth-order valence-electron chi connectivity index (χ4n) is 4.72. The minimum Gasteiger partial charge on any atom is -0.365 e. The lowest BCUT2D eigenvalue weighted by Crippen LogP contribution is -2.31. The van der Waals surface area contributed by atoms with Gasteiger partial charge in [0.25, 0.3) is 10.0 Å². The maximum Gasteiger partial charge on any atom is 0.283 e. The average molecular weight is 508 g/mol. The predicted molar refractivity (Wildman–Crippen MR) is 139 cm³/mol. The van der Waals surface area contributed by atoms with E-state index in [0.717, 1.165) is 29.7 Å². The number of thiophene rings is 2. The van der Waals surface area contributed by atoms with Gasteiger partial charge in [0.15, 0.2) is 5.82 Å². The van der Waals surface area contributed by atoms with Crippen LogP contribution in [0.1, 0.15) is 45.8 Å². The number of hydrogen-bond acceptors (Lipinski definition) is 6. The summed E-state index contributed by atoms with van der Waals surface area (Å²) in [6, 6.07) is 15.8. The summed E-state index contributed by atoms with van der Waals surface area (Å²) in [5.74, 6) is 0.664. The van der Waals surface area contributed by atoms with Crippen molar-refractivity contribution in [2.24, 2.45) is 0 Å². The van der Waals surface area contributed by atoms with Crippen LogP contribution in [0.15, 0.2) is 70.3 Å². The zero-order valence-electron chi connectivity index (χ0n) is 18.8. The molecule has 2 aliphatic carbocycles. The maximum atomic E-state index is 13.8. The third-order valence-corrected chi connectivity index (χ3v) is 10.6. The molecule has 0 aliphatic heterocycles. The summed E-state index contributed by atoms with van der Waals surface area (Å²) in [5.41, 5.74) is 2.22. The molecule has 4 aromatic rings. The Labute approximate surface area is 207 Å². The zero-order chi connectivity index (χ0) is 23.3. The highest BCUT2D eigenvalue weighted by molar-refractivity contribution is 7.89. The number of hydrogen-bond donors (Lipinski definition) is 1. The second-order valence-corrected chi connectivity index (χ2v) is 12.7. The first-order valence-corrected chi connectivity index (χ1v) is 14.7. The Morgan fingerprint density at radius 2 is 1.71 bits per heavy atom. The van der Waals surface area contributed by atoms with Crippen LogP contribution in [-0.2, 0) is 21.9 Å². The van der Waals surface area contributed by atoms with Crippen LogP contribution < -0.4 is 5.32 Å². The Morgan fingerprint density at radius 1 is 1.03 bits per heavy atom. The van der Waals surface area contributed by atoms with Gasteiger partial charge in [-0.25, -0.2) is 0 Å². The molecule has 0 atom stereocenters. The molecule has 0 radical (unpaired) electrons. The van der Waals surface area contributed by atoms with Crippen molar-refractivity contribution in [1.82, 2.24) is 9.19 Å². The predicted octanol–water partition coefficient (Wildman–Crippen LogP) is 6.07. The molecule has 34 heavy (non-hydrogen) atoms. The van der Waals surface area contributed by atoms with E-state index in [0.29, 0.717) is 18.3 Å². The molecular formula is C26H25N3O2S3. The molecule has 0 spiro atoms. The van der Waals surface area contributed by atoms with Gasteiger partial charge in [0.1, 0.15) is 0 Å². The van der Waals surface area contributed by atoms with Crippen LogP contribution >= 0.6 is 22.7 Å². The van der Waals surface area contributed by atoms with Gasteiger partial charge in [-0.15, -0.1) is 27.8 Å². The highest BCUT2D eigenvalue weighted by Gasteiger charge is 2.41. The van der Waals surface area contributed by atoms with Gasteiger partial charge < -0.3 is 5.32 Å². The summed E-state index contributed by atoms with van der Waals surface area (Å²) in [5, 5.41) is 12.4. The molecule has 1 N–H and O–H groups in total. The van der Waals surface area contributed by atoms with Crippen molar-refractivity contribution in [3.05, 3.63) is 91.9 Å². The van der Waals surface area contributed by atoms with Crippen LogP contribution in [0, 0.1) is 6.92 Å². The van der Waals surface area contributed by atoms with E-state index in [4.69, 9.17) is 0 Å². The number of rotatable bonds is 6. The van der Waals surface area contributed by atoms with Crippen molar-refractivity contribution in [1.29, 1.82) is 0 Å². The fourth-order valence-corrected chi connectivity index (χ4v) is 7.95. The van der Waals surface area contributed by atoms with Crippen LogP contribution in [0.5, 0.6) is 0 Å². The molecule has 174 valence electrons. The first-order chi connectivity index (χ1) is 16.5. The molecule has 1 saturated carbocycles. The van der Waals surface area contributed by atoms with Gasteiger partial charge in [-0.1, -0.05) is 42.0 Å². The number of anilines is 1. The van der Waals surface area contributed by atoms with E-state index in [1.165, 1.54) is 20.3 Å². The second kappa shape index (κ2) is 8.22. The summed E-state index contributed by atoms with van der Waals surface area (Å²) >= 11 is 3.41. The summed E-state index contributed by atoms with van der Waals surface area (Å²) in [6.45, 7) is 1.95. The van der Waals surface area contributed by atoms with Crippen LogP contribution in [0.25, 0.3) is 6.08 Å². The van der Waals surface area contributed by atoms with Gasteiger partial charge >= 0.3 is 0 Å². The Balaban J connectivity index is 1.53. The van der Waals surface area contributed by atoms with Gasteiger partial charge in [-0.2, -0.15) is 12.5 Å². The van der Waals surface area contributed by atoms with E-state index >= 15 is 0 Å². The molecule has 0 bridgehead atoms. The lowest BCUT2D eigenvalue weighted by atomic mass is 9.76. The monoisotopic (exact) mass is 507 g/mol. The Hall–Kier alpha value is -2.68. The van der Waals surface area contributed by atoms with Crippen molar-refractivity contribution < 1.29 is 8.42 Å². The molecule has 1 aromatic carbocycles. The minimum absolute atomic E-state index is 0.256. The average Bonchev–Trinajstić information content (AvgIpc) is 3.58. The van der Waals surface area contributed by atoms with E-state index in [2.05, 4.69) is 57.6 Å². The molecule has 2 aliphatic rings. The normalized spacial score (nSPS) is 17.3. The van der Waals surface area contributed by atoms with Crippen molar-refractivity contribution in [3.63, 3.8) is 0 Å². The third-order valence-electron chi connectivity index (χ3n) is 6.88. The van der Waals surface area contributed by atoms with Crippen LogP contribution in [-0.4, -0.2) is 23.6 Å². The van der Waals surface area contributed by atoms with E-state index < -0.39 is 15.4 Å². The lowest BCUT2D eigenvalue weighted by molar-refractivity contribution is 0.444. The highest BCUT2D eigenvalue weighted by Crippen LogP contribution is 2.47. The van der Waals surface area contributed by atoms with Crippen molar-refractivity contribution in [3.8, 4) is 0 Å². The molecule has 8 heteroatoms. The molecular weight excluding hydrogens is 483 g/mol. The largest absolute Gasteiger partial charge is 0.365 e. The standard InChI is InChI=1S/C26H25N3O2S3/c1-18-9-11-20(12-10-18)34(30,31)29-22-17-26(23-7-3-15-32-23,24-8-4-16-33-24)14-13-21(22)25(28-29)27-19-5-2-6-19/h3-4,7-16,19H,2,5-6,17H2,1H3,(H,27,28). The van der Waals surface area contributed by atoms with Crippen molar-refractivity contribution in [2.75, 3.05) is 5.32 Å². The highest BCUT2D eigenvalue weighted by atomic mass is 32.2. The topological polar surface area (TPSA) is 64.0 Å². The van der Waals surface area contributed by atoms with E-state index in [9.17, 15) is 8.42 Å². The van der Waals surface area contributed by atoms with E-state index in [-0.39, 0.29) is 4.90 Å². The molecule has 3 heterocycles. The smallest absolute Gasteiger partial charge is 0.283 e. The molecule has 0 amide bonds. The van der Waals surface area contributed by atoms with Crippen molar-refractivity contribution in [2.45, 2.75) is 49.0 Å². The fraction of sp³-hybridized carbons (Fsp3) is 0.269. The first-order valence-electron chi connectivity index (χ1n) is 11.5. The van der Waals surface area contributed by atoms with Gasteiger partial charge in [-0.3, -0.25) is 0 Å². The van der Waals surface area contributed by atoms with Gasteiger partial charge in [0, 0.05) is 27.8 Å². The number of allylic oxidation sites excluding steroid dienone is 1. The summed E-state index contributed by atoms with van der Waals surface area (Å²) in [6.07, 6.45) is 8.22. The summed E-state index contributed by atoms with van der Waals surface area (Å²) in [4.78, 5) is 2.66. The molecule has 1 fully saturated rings. The van der Waals surface area contributed by atoms with Gasteiger partial charge in [0.2, 0.25) is 0 Å². The molecule has 0 unspecified atom stereocenters. The van der Waals surface area contributed by atoms with Gasteiger partial charge in [-0.05, 0) is 61.2 Å². The zero-order valence-corrected chi connectivity index (χ0v) is 21.2. The molecule has 3 aromatic heterocycles. The van der Waals surface area contributed by atoms with Crippen LogP contribution in [0.3, 0.4) is 0 Å². The molecule has 0 saturated heterocycles. The number of benzene rings is 1. The molecule has 6 rings (SSSR count). The van der Waals surface area contributed by atoms with E-state index in [1.807, 2.05) is 19.1 Å². The number of aromatic nitrogens is 2. The Morgan fingerprint density at radius 3 is 2.26 bits per heavy atom. The minimum atomic E-state index is -3.85. The Bertz CT molecular complexity index is 1410. The van der Waals surface area contributed by atoms with Crippen molar-refractivity contribution >= 4 is 44.6 Å². The number of fused-ring (bicyclic) bond motifs is 1. The SMILES string of the molecule is Cc1ccc(S(=O)(=O)n2nc(NC3CCC3)c3c2CC(c2cccs2)(c2cccs2)C=C3)cc1. The van der Waals surface area contributed by atoms with E-state index in [1.54, 1.807) is 34.8 Å². The van der Waals surface area contributed by atoms with Crippen LogP contribution in [0.2, 0.25) is 0 Å². The van der Waals surface area contributed by atoms with Gasteiger partial charge in [0.05, 0.1) is 16.0 Å². The lowest BCUT2D eigenvalue weighted by Gasteiger charge is -2.32. The number of aryl methyl sites for hydroxylation is 1. The maximum absolute atomic E-state index is 13.8. The number of nitrogens with one attached hydrogen (secondary N) is 1. The molecule has 5 nitrogen and oxygen atoms in total. The quantitative estimate of drug-likeness (QED) is 0.344. The third kappa shape index (κ3) is 3.47. The van der Waals surface area contributed by atoms with Crippen LogP contribution in [0.4, 0.5) is 5.82 Å². The summed E-state index contributed by atoms with van der Waals surface area (Å²) < 4.78 is 29.0. The first kappa shape index (κ1) is 21.8. The summed E-state index contributed by atoms with van der Waals surface area (Å²) in [7, 11) is -3.85.